The normalized spacial score (nSPS) is 9.18. The SMILES string of the molecule is O=CNCc1cncc(Br)c1. The van der Waals surface area contributed by atoms with Crippen LogP contribution in [-0.2, 0) is 11.3 Å². The minimum atomic E-state index is 0.524. The van der Waals surface area contributed by atoms with Crippen molar-refractivity contribution in [1.29, 1.82) is 0 Å². The summed E-state index contributed by atoms with van der Waals surface area (Å²) in [5.41, 5.74) is 0.978. The molecule has 11 heavy (non-hydrogen) atoms. The van der Waals surface area contributed by atoms with Crippen molar-refractivity contribution in [3.8, 4) is 0 Å². The summed E-state index contributed by atoms with van der Waals surface area (Å²) in [5.74, 6) is 0. The van der Waals surface area contributed by atoms with Gasteiger partial charge in [-0.1, -0.05) is 0 Å². The predicted octanol–water partition coefficient (Wildman–Crippen LogP) is 1.09. The minimum absolute atomic E-state index is 0.524. The molecule has 1 aromatic rings. The third-order valence-electron chi connectivity index (χ3n) is 1.15. The third kappa shape index (κ3) is 2.67. The molecule has 0 saturated heterocycles. The molecule has 1 heterocycles. The number of carbonyl (C=O) groups excluding carboxylic acids is 1. The smallest absolute Gasteiger partial charge is 0.207 e. The number of pyridine rings is 1. The molecule has 0 atom stereocenters. The van der Waals surface area contributed by atoms with E-state index in [9.17, 15) is 4.79 Å². The van der Waals surface area contributed by atoms with Gasteiger partial charge in [0.25, 0.3) is 0 Å². The molecular formula is C7H7BrN2O. The van der Waals surface area contributed by atoms with Crippen LogP contribution in [0.1, 0.15) is 5.56 Å². The lowest BCUT2D eigenvalue weighted by Crippen LogP contribution is -2.09. The van der Waals surface area contributed by atoms with Crippen LogP contribution in [0, 0.1) is 0 Å². The Morgan fingerprint density at radius 3 is 3.09 bits per heavy atom. The molecule has 1 amide bonds. The highest BCUT2D eigenvalue weighted by Gasteiger charge is 1.91. The largest absolute Gasteiger partial charge is 0.355 e. The number of hydrogen-bond donors (Lipinski definition) is 1. The van der Waals surface area contributed by atoms with Gasteiger partial charge >= 0.3 is 0 Å². The number of amides is 1. The van der Waals surface area contributed by atoms with E-state index in [2.05, 4.69) is 26.2 Å². The predicted molar refractivity (Wildman–Crippen MR) is 44.8 cm³/mol. The van der Waals surface area contributed by atoms with Crippen LogP contribution in [0.4, 0.5) is 0 Å². The Kier molecular flexibility index (Phi) is 3.04. The molecule has 0 aliphatic heterocycles. The average molecular weight is 215 g/mol. The van der Waals surface area contributed by atoms with E-state index < -0.39 is 0 Å². The summed E-state index contributed by atoms with van der Waals surface area (Å²) < 4.78 is 0.919. The van der Waals surface area contributed by atoms with E-state index >= 15 is 0 Å². The van der Waals surface area contributed by atoms with Gasteiger partial charge in [0, 0.05) is 23.4 Å². The van der Waals surface area contributed by atoms with Crippen LogP contribution in [0.15, 0.2) is 22.9 Å². The number of aromatic nitrogens is 1. The Bertz CT molecular complexity index is 252. The van der Waals surface area contributed by atoms with Crippen LogP contribution in [0.2, 0.25) is 0 Å². The van der Waals surface area contributed by atoms with E-state index in [0.29, 0.717) is 13.0 Å². The molecule has 0 radical (unpaired) electrons. The van der Waals surface area contributed by atoms with Crippen molar-refractivity contribution in [2.45, 2.75) is 6.54 Å². The molecule has 0 bridgehead atoms. The van der Waals surface area contributed by atoms with Gasteiger partial charge in [0.05, 0.1) is 0 Å². The molecule has 1 rings (SSSR count). The molecule has 0 spiro atoms. The summed E-state index contributed by atoms with van der Waals surface area (Å²) in [5, 5.41) is 2.55. The lowest BCUT2D eigenvalue weighted by atomic mass is 10.3. The quantitative estimate of drug-likeness (QED) is 0.766. The van der Waals surface area contributed by atoms with Crippen LogP contribution in [0.5, 0.6) is 0 Å². The van der Waals surface area contributed by atoms with E-state index in [1.807, 2.05) is 6.07 Å². The summed E-state index contributed by atoms with van der Waals surface area (Å²) in [6.07, 6.45) is 4.08. The number of hydrogen-bond acceptors (Lipinski definition) is 2. The Hall–Kier alpha value is -0.900. The van der Waals surface area contributed by atoms with Gasteiger partial charge in [-0.25, -0.2) is 0 Å². The molecule has 4 heteroatoms. The summed E-state index contributed by atoms with van der Waals surface area (Å²) >= 11 is 3.28. The van der Waals surface area contributed by atoms with Gasteiger partial charge in [0.15, 0.2) is 0 Å². The maximum atomic E-state index is 9.92. The summed E-state index contributed by atoms with van der Waals surface area (Å²) in [4.78, 5) is 13.9. The van der Waals surface area contributed by atoms with Gasteiger partial charge in [0.1, 0.15) is 0 Å². The van der Waals surface area contributed by atoms with Crippen molar-refractivity contribution in [3.63, 3.8) is 0 Å². The summed E-state index contributed by atoms with van der Waals surface area (Å²) in [6.45, 7) is 0.524. The van der Waals surface area contributed by atoms with Crippen molar-refractivity contribution >= 4 is 22.3 Å². The van der Waals surface area contributed by atoms with Gasteiger partial charge < -0.3 is 5.32 Å². The second-order valence-electron chi connectivity index (χ2n) is 2.01. The average Bonchev–Trinajstić information content (AvgIpc) is 2.01. The third-order valence-corrected chi connectivity index (χ3v) is 1.58. The molecule has 3 nitrogen and oxygen atoms in total. The van der Waals surface area contributed by atoms with E-state index in [1.54, 1.807) is 12.4 Å². The molecule has 58 valence electrons. The van der Waals surface area contributed by atoms with Crippen LogP contribution in [0.3, 0.4) is 0 Å². The number of rotatable bonds is 3. The number of halogens is 1. The number of carbonyl (C=O) groups is 1. The van der Waals surface area contributed by atoms with E-state index in [-0.39, 0.29) is 0 Å². The van der Waals surface area contributed by atoms with Crippen molar-refractivity contribution in [3.05, 3.63) is 28.5 Å². The molecule has 0 saturated carbocycles. The lowest BCUT2D eigenvalue weighted by Gasteiger charge is -1.98. The van der Waals surface area contributed by atoms with Crippen LogP contribution >= 0.6 is 15.9 Å². The fraction of sp³-hybridized carbons (Fsp3) is 0.143. The Morgan fingerprint density at radius 1 is 1.64 bits per heavy atom. The highest BCUT2D eigenvalue weighted by Crippen LogP contribution is 2.08. The maximum Gasteiger partial charge on any atom is 0.207 e. The van der Waals surface area contributed by atoms with Crippen LogP contribution in [0.25, 0.3) is 0 Å². The molecule has 1 N–H and O–H groups in total. The first-order valence-electron chi connectivity index (χ1n) is 3.09. The van der Waals surface area contributed by atoms with Gasteiger partial charge in [-0.15, -0.1) is 0 Å². The molecule has 0 aliphatic rings. The number of nitrogens with zero attached hydrogens (tertiary/aromatic N) is 1. The van der Waals surface area contributed by atoms with E-state index in [4.69, 9.17) is 0 Å². The summed E-state index contributed by atoms with van der Waals surface area (Å²) in [6, 6.07) is 1.91. The van der Waals surface area contributed by atoms with E-state index in [0.717, 1.165) is 10.0 Å². The first kappa shape index (κ1) is 8.20. The zero-order chi connectivity index (χ0) is 8.10. The highest BCUT2D eigenvalue weighted by molar-refractivity contribution is 9.10. The molecule has 0 aromatic carbocycles. The molecule has 0 aliphatic carbocycles. The zero-order valence-corrected chi connectivity index (χ0v) is 7.34. The van der Waals surface area contributed by atoms with Crippen molar-refractivity contribution in [2.24, 2.45) is 0 Å². The summed E-state index contributed by atoms with van der Waals surface area (Å²) in [7, 11) is 0. The minimum Gasteiger partial charge on any atom is -0.355 e. The molecule has 0 fully saturated rings. The van der Waals surface area contributed by atoms with Crippen molar-refractivity contribution in [2.75, 3.05) is 0 Å². The monoisotopic (exact) mass is 214 g/mol. The fourth-order valence-electron chi connectivity index (χ4n) is 0.712. The molecule has 1 aromatic heterocycles. The Balaban J connectivity index is 2.63. The second-order valence-corrected chi connectivity index (χ2v) is 2.93. The van der Waals surface area contributed by atoms with Crippen LogP contribution < -0.4 is 5.32 Å². The van der Waals surface area contributed by atoms with Crippen molar-refractivity contribution < 1.29 is 4.79 Å². The van der Waals surface area contributed by atoms with Crippen molar-refractivity contribution in [1.82, 2.24) is 10.3 Å². The highest BCUT2D eigenvalue weighted by atomic mass is 79.9. The Morgan fingerprint density at radius 2 is 2.45 bits per heavy atom. The first-order chi connectivity index (χ1) is 5.33. The van der Waals surface area contributed by atoms with E-state index in [1.165, 1.54) is 0 Å². The topological polar surface area (TPSA) is 42.0 Å². The van der Waals surface area contributed by atoms with Crippen LogP contribution in [-0.4, -0.2) is 11.4 Å². The lowest BCUT2D eigenvalue weighted by molar-refractivity contribution is -0.109. The molecule has 0 unspecified atom stereocenters. The molecular weight excluding hydrogens is 208 g/mol. The Labute approximate surface area is 73.0 Å². The first-order valence-corrected chi connectivity index (χ1v) is 3.88. The standard InChI is InChI=1S/C7H7BrN2O/c8-7-1-6(2-9-4-7)3-10-5-11/h1-2,4-5H,3H2,(H,10,11). The second kappa shape index (κ2) is 4.08. The zero-order valence-electron chi connectivity index (χ0n) is 5.75. The van der Waals surface area contributed by atoms with Gasteiger partial charge in [0.2, 0.25) is 6.41 Å². The van der Waals surface area contributed by atoms with Gasteiger partial charge in [-0.2, -0.15) is 0 Å². The van der Waals surface area contributed by atoms with Gasteiger partial charge in [-0.05, 0) is 27.6 Å². The van der Waals surface area contributed by atoms with Gasteiger partial charge in [-0.3, -0.25) is 9.78 Å². The fourth-order valence-corrected chi connectivity index (χ4v) is 1.12. The number of nitrogens with one attached hydrogen (secondary N) is 1. The maximum absolute atomic E-state index is 9.92.